The molecule has 2 N–H and O–H groups in total. The van der Waals surface area contributed by atoms with Gasteiger partial charge in [0.2, 0.25) is 5.88 Å². The van der Waals surface area contributed by atoms with E-state index in [4.69, 9.17) is 0 Å². The number of aromatic amines is 1. The van der Waals surface area contributed by atoms with Crippen LogP contribution in [0.1, 0.15) is 0 Å². The highest BCUT2D eigenvalue weighted by atomic mass is 19.4. The van der Waals surface area contributed by atoms with Crippen LogP contribution in [0.3, 0.4) is 0 Å². The highest BCUT2D eigenvalue weighted by Gasteiger charge is 2.31. The molecule has 18 heavy (non-hydrogen) atoms. The van der Waals surface area contributed by atoms with E-state index in [0.29, 0.717) is 0 Å². The van der Waals surface area contributed by atoms with Gasteiger partial charge in [-0.1, -0.05) is 0 Å². The summed E-state index contributed by atoms with van der Waals surface area (Å²) in [6.07, 6.45) is -3.70. The van der Waals surface area contributed by atoms with Gasteiger partial charge in [-0.3, -0.25) is 0 Å². The first-order valence-corrected chi connectivity index (χ1v) is 4.72. The minimum Gasteiger partial charge on any atom is -0.493 e. The number of nitrogens with one attached hydrogen (secondary N) is 1. The standard InChI is InChI=1S/C10H7F3N2O3/c11-10(12,13)18-7-3-1-6(2-4-7)15-8(16)5-14-9(15)17/h1-5,16H,(H,14,17). The topological polar surface area (TPSA) is 67.2 Å². The van der Waals surface area contributed by atoms with Gasteiger partial charge in [0.15, 0.2) is 0 Å². The number of halogens is 3. The Morgan fingerprint density at radius 3 is 2.28 bits per heavy atom. The van der Waals surface area contributed by atoms with Crippen LogP contribution in [-0.2, 0) is 0 Å². The number of benzene rings is 1. The first kappa shape index (κ1) is 12.1. The molecule has 0 saturated heterocycles. The Morgan fingerprint density at radius 1 is 1.22 bits per heavy atom. The molecular weight excluding hydrogens is 253 g/mol. The van der Waals surface area contributed by atoms with E-state index in [0.717, 1.165) is 22.9 Å². The highest BCUT2D eigenvalue weighted by molar-refractivity contribution is 5.39. The summed E-state index contributed by atoms with van der Waals surface area (Å²) in [5.41, 5.74) is -0.384. The van der Waals surface area contributed by atoms with Gasteiger partial charge in [0.1, 0.15) is 5.75 Å². The molecule has 5 nitrogen and oxygen atoms in total. The number of ether oxygens (including phenoxy) is 1. The fraction of sp³-hybridized carbons (Fsp3) is 0.100. The molecule has 0 aliphatic heterocycles. The van der Waals surface area contributed by atoms with Gasteiger partial charge in [0, 0.05) is 0 Å². The number of nitrogens with zero attached hydrogens (tertiary/aromatic N) is 1. The number of alkyl halides is 3. The van der Waals surface area contributed by atoms with Crippen molar-refractivity contribution in [1.29, 1.82) is 0 Å². The van der Waals surface area contributed by atoms with Crippen LogP contribution in [0.2, 0.25) is 0 Å². The Hall–Kier alpha value is -2.38. The van der Waals surface area contributed by atoms with Gasteiger partial charge >= 0.3 is 12.1 Å². The van der Waals surface area contributed by atoms with Crippen LogP contribution in [0.5, 0.6) is 11.6 Å². The van der Waals surface area contributed by atoms with Crippen LogP contribution in [0.15, 0.2) is 35.3 Å². The fourth-order valence-electron chi connectivity index (χ4n) is 1.41. The predicted molar refractivity (Wildman–Crippen MR) is 54.7 cm³/mol. The van der Waals surface area contributed by atoms with E-state index >= 15 is 0 Å². The number of imidazole rings is 1. The number of aromatic hydroxyl groups is 1. The van der Waals surface area contributed by atoms with Gasteiger partial charge in [0.25, 0.3) is 0 Å². The number of hydrogen-bond acceptors (Lipinski definition) is 3. The predicted octanol–water partition coefficient (Wildman–Crippen LogP) is 1.77. The van der Waals surface area contributed by atoms with Gasteiger partial charge in [0.05, 0.1) is 11.9 Å². The van der Waals surface area contributed by atoms with Crippen LogP contribution in [0, 0.1) is 0 Å². The second-order valence-electron chi connectivity index (χ2n) is 3.33. The molecule has 0 radical (unpaired) electrons. The zero-order valence-corrected chi connectivity index (χ0v) is 8.73. The Kier molecular flexibility index (Phi) is 2.77. The van der Waals surface area contributed by atoms with E-state index in [9.17, 15) is 23.1 Å². The largest absolute Gasteiger partial charge is 0.573 e. The summed E-state index contributed by atoms with van der Waals surface area (Å²) >= 11 is 0. The molecule has 0 spiro atoms. The number of hydrogen-bond donors (Lipinski definition) is 2. The molecule has 0 amide bonds. The summed E-state index contributed by atoms with van der Waals surface area (Å²) in [4.78, 5) is 13.5. The molecule has 96 valence electrons. The second-order valence-corrected chi connectivity index (χ2v) is 3.33. The van der Waals surface area contributed by atoms with Crippen molar-refractivity contribution >= 4 is 0 Å². The molecular formula is C10H7F3N2O3. The summed E-state index contributed by atoms with van der Waals surface area (Å²) in [6, 6.07) is 4.52. The Bertz CT molecular complexity index is 598. The van der Waals surface area contributed by atoms with E-state index in [1.54, 1.807) is 0 Å². The Morgan fingerprint density at radius 2 is 1.83 bits per heavy atom. The maximum absolute atomic E-state index is 11.9. The lowest BCUT2D eigenvalue weighted by Gasteiger charge is -2.09. The monoisotopic (exact) mass is 260 g/mol. The maximum Gasteiger partial charge on any atom is 0.573 e. The van der Waals surface area contributed by atoms with Crippen molar-refractivity contribution in [2.45, 2.75) is 6.36 Å². The zero-order chi connectivity index (χ0) is 13.3. The summed E-state index contributed by atoms with van der Waals surface area (Å²) in [7, 11) is 0. The molecule has 8 heteroatoms. The van der Waals surface area contributed by atoms with Crippen molar-refractivity contribution in [1.82, 2.24) is 9.55 Å². The van der Waals surface area contributed by atoms with E-state index < -0.39 is 17.8 Å². The minimum atomic E-state index is -4.77. The molecule has 2 rings (SSSR count). The van der Waals surface area contributed by atoms with Crippen LogP contribution >= 0.6 is 0 Å². The minimum absolute atomic E-state index is 0.216. The summed E-state index contributed by atoms with van der Waals surface area (Å²) in [5.74, 6) is -0.751. The third-order valence-corrected chi connectivity index (χ3v) is 2.09. The molecule has 0 atom stereocenters. The lowest BCUT2D eigenvalue weighted by Crippen LogP contribution is -2.17. The van der Waals surface area contributed by atoms with Crippen molar-refractivity contribution in [2.75, 3.05) is 0 Å². The van der Waals surface area contributed by atoms with Crippen LogP contribution in [-0.4, -0.2) is 21.0 Å². The Balaban J connectivity index is 2.31. The van der Waals surface area contributed by atoms with Crippen LogP contribution in [0.25, 0.3) is 5.69 Å². The third-order valence-electron chi connectivity index (χ3n) is 2.09. The van der Waals surface area contributed by atoms with Gasteiger partial charge in [-0.25, -0.2) is 9.36 Å². The van der Waals surface area contributed by atoms with Gasteiger partial charge < -0.3 is 14.8 Å². The molecule has 1 heterocycles. The molecule has 0 aliphatic rings. The molecule has 0 bridgehead atoms. The molecule has 1 aromatic carbocycles. The number of H-pyrrole nitrogens is 1. The molecule has 0 unspecified atom stereocenters. The number of rotatable bonds is 2. The molecule has 0 fully saturated rings. The van der Waals surface area contributed by atoms with E-state index in [1.165, 1.54) is 12.1 Å². The van der Waals surface area contributed by atoms with Crippen molar-refractivity contribution in [3.05, 3.63) is 40.9 Å². The molecule has 0 saturated carbocycles. The van der Waals surface area contributed by atoms with Gasteiger partial charge in [-0.05, 0) is 24.3 Å². The smallest absolute Gasteiger partial charge is 0.493 e. The fourth-order valence-corrected chi connectivity index (χ4v) is 1.41. The molecule has 2 aromatic rings. The van der Waals surface area contributed by atoms with Crippen LogP contribution < -0.4 is 10.4 Å². The van der Waals surface area contributed by atoms with E-state index in [-0.39, 0.29) is 11.6 Å². The van der Waals surface area contributed by atoms with Crippen molar-refractivity contribution < 1.29 is 23.0 Å². The van der Waals surface area contributed by atoms with Crippen molar-refractivity contribution in [3.63, 3.8) is 0 Å². The SMILES string of the molecule is O=c1[nH]cc(O)n1-c1ccc(OC(F)(F)F)cc1. The first-order chi connectivity index (χ1) is 8.37. The Labute approximate surface area is 98.1 Å². The third kappa shape index (κ3) is 2.47. The summed E-state index contributed by atoms with van der Waals surface area (Å²) < 4.78 is 40.3. The second kappa shape index (κ2) is 4.13. The molecule has 1 aromatic heterocycles. The van der Waals surface area contributed by atoms with Gasteiger partial charge in [-0.15, -0.1) is 13.2 Å². The number of aromatic nitrogens is 2. The van der Waals surface area contributed by atoms with E-state index in [1.807, 2.05) is 0 Å². The quantitative estimate of drug-likeness (QED) is 0.864. The highest BCUT2D eigenvalue weighted by Crippen LogP contribution is 2.24. The van der Waals surface area contributed by atoms with Gasteiger partial charge in [-0.2, -0.15) is 0 Å². The van der Waals surface area contributed by atoms with E-state index in [2.05, 4.69) is 9.72 Å². The summed E-state index contributed by atoms with van der Waals surface area (Å²) in [6.45, 7) is 0. The average Bonchev–Trinajstić information content (AvgIpc) is 2.58. The van der Waals surface area contributed by atoms with Crippen LogP contribution in [0.4, 0.5) is 13.2 Å². The zero-order valence-electron chi connectivity index (χ0n) is 8.73. The van der Waals surface area contributed by atoms with Crippen molar-refractivity contribution in [2.24, 2.45) is 0 Å². The average molecular weight is 260 g/mol. The van der Waals surface area contributed by atoms with Crippen molar-refractivity contribution in [3.8, 4) is 17.3 Å². The first-order valence-electron chi connectivity index (χ1n) is 4.72. The lowest BCUT2D eigenvalue weighted by molar-refractivity contribution is -0.274. The summed E-state index contributed by atoms with van der Waals surface area (Å²) in [5, 5.41) is 9.36. The molecule has 0 aliphatic carbocycles. The lowest BCUT2D eigenvalue weighted by atomic mass is 10.3. The maximum atomic E-state index is 11.9. The normalized spacial score (nSPS) is 11.5.